The molecule has 0 spiro atoms. The van der Waals surface area contributed by atoms with Crippen molar-refractivity contribution >= 4 is 16.9 Å². The predicted molar refractivity (Wildman–Crippen MR) is 86.7 cm³/mol. The SMILES string of the molecule is CCC(Nc1nc(C)nc2c1cnn2C)c1cc(C)ccn1. The van der Waals surface area contributed by atoms with E-state index in [9.17, 15) is 0 Å². The summed E-state index contributed by atoms with van der Waals surface area (Å²) in [7, 11) is 1.89. The van der Waals surface area contributed by atoms with E-state index >= 15 is 0 Å². The van der Waals surface area contributed by atoms with Gasteiger partial charge in [0.15, 0.2) is 5.65 Å². The van der Waals surface area contributed by atoms with Crippen LogP contribution in [0.5, 0.6) is 0 Å². The fourth-order valence-corrected chi connectivity index (χ4v) is 2.54. The van der Waals surface area contributed by atoms with E-state index in [2.05, 4.69) is 45.3 Å². The number of aromatic nitrogens is 5. The number of rotatable bonds is 4. The highest BCUT2D eigenvalue weighted by Crippen LogP contribution is 2.25. The molecule has 3 aromatic rings. The van der Waals surface area contributed by atoms with Crippen LogP contribution in [0.3, 0.4) is 0 Å². The maximum atomic E-state index is 4.55. The lowest BCUT2D eigenvalue weighted by Gasteiger charge is -2.18. The summed E-state index contributed by atoms with van der Waals surface area (Å²) in [5.41, 5.74) is 3.06. The summed E-state index contributed by atoms with van der Waals surface area (Å²) in [6.45, 7) is 6.10. The molecule has 0 radical (unpaired) electrons. The average Bonchev–Trinajstić information content (AvgIpc) is 2.86. The van der Waals surface area contributed by atoms with Crippen molar-refractivity contribution in [2.45, 2.75) is 33.2 Å². The monoisotopic (exact) mass is 296 g/mol. The summed E-state index contributed by atoms with van der Waals surface area (Å²) in [5.74, 6) is 1.54. The standard InChI is InChI=1S/C16H20N6/c1-5-13(14-8-10(2)6-7-17-14)21-15-12-9-18-22(4)16(12)20-11(3)19-15/h6-9,13H,5H2,1-4H3,(H,19,20,21). The largest absolute Gasteiger partial charge is 0.361 e. The van der Waals surface area contributed by atoms with Crippen molar-refractivity contribution < 1.29 is 0 Å². The van der Waals surface area contributed by atoms with Crippen LogP contribution < -0.4 is 5.32 Å². The Morgan fingerprint density at radius 2 is 2.09 bits per heavy atom. The molecule has 1 unspecified atom stereocenters. The summed E-state index contributed by atoms with van der Waals surface area (Å²) >= 11 is 0. The number of fused-ring (bicyclic) bond motifs is 1. The predicted octanol–water partition coefficient (Wildman–Crippen LogP) is 2.94. The zero-order chi connectivity index (χ0) is 15.7. The van der Waals surface area contributed by atoms with Crippen LogP contribution in [0.15, 0.2) is 24.5 Å². The smallest absolute Gasteiger partial charge is 0.163 e. The second-order valence-corrected chi connectivity index (χ2v) is 5.49. The molecule has 0 aromatic carbocycles. The Labute approximate surface area is 129 Å². The fraction of sp³-hybridized carbons (Fsp3) is 0.375. The molecule has 6 nitrogen and oxygen atoms in total. The van der Waals surface area contributed by atoms with Crippen LogP contribution in [0.25, 0.3) is 11.0 Å². The summed E-state index contributed by atoms with van der Waals surface area (Å²) in [4.78, 5) is 13.5. The first-order valence-electron chi connectivity index (χ1n) is 7.44. The number of hydrogen-bond donors (Lipinski definition) is 1. The first kappa shape index (κ1) is 14.4. The molecule has 1 N–H and O–H groups in total. The molecule has 114 valence electrons. The Hall–Kier alpha value is -2.50. The van der Waals surface area contributed by atoms with E-state index in [-0.39, 0.29) is 6.04 Å². The van der Waals surface area contributed by atoms with E-state index in [1.807, 2.05) is 26.2 Å². The van der Waals surface area contributed by atoms with Crippen molar-refractivity contribution in [3.05, 3.63) is 41.6 Å². The molecule has 0 saturated heterocycles. The zero-order valence-corrected chi connectivity index (χ0v) is 13.3. The van der Waals surface area contributed by atoms with Crippen LogP contribution in [0.4, 0.5) is 5.82 Å². The molecular weight excluding hydrogens is 276 g/mol. The van der Waals surface area contributed by atoms with E-state index in [1.54, 1.807) is 10.9 Å². The molecular formula is C16H20N6. The highest BCUT2D eigenvalue weighted by Gasteiger charge is 2.16. The van der Waals surface area contributed by atoms with E-state index in [0.29, 0.717) is 0 Å². The lowest BCUT2D eigenvalue weighted by molar-refractivity contribution is 0.718. The van der Waals surface area contributed by atoms with E-state index in [0.717, 1.165) is 34.8 Å². The van der Waals surface area contributed by atoms with Gasteiger partial charge >= 0.3 is 0 Å². The number of nitrogens with zero attached hydrogens (tertiary/aromatic N) is 5. The molecule has 0 saturated carbocycles. The molecule has 0 aliphatic rings. The summed E-state index contributed by atoms with van der Waals surface area (Å²) < 4.78 is 1.76. The molecule has 22 heavy (non-hydrogen) atoms. The number of anilines is 1. The second kappa shape index (κ2) is 5.71. The number of hydrogen-bond acceptors (Lipinski definition) is 5. The van der Waals surface area contributed by atoms with Crippen molar-refractivity contribution in [1.29, 1.82) is 0 Å². The topological polar surface area (TPSA) is 68.5 Å². The molecule has 3 heterocycles. The quantitative estimate of drug-likeness (QED) is 0.801. The normalized spacial score (nSPS) is 12.5. The minimum atomic E-state index is 0.109. The van der Waals surface area contributed by atoms with Gasteiger partial charge in [-0.2, -0.15) is 5.10 Å². The van der Waals surface area contributed by atoms with Crippen LogP contribution in [-0.2, 0) is 7.05 Å². The van der Waals surface area contributed by atoms with Crippen molar-refractivity contribution in [3.8, 4) is 0 Å². The maximum Gasteiger partial charge on any atom is 0.163 e. The highest BCUT2D eigenvalue weighted by molar-refractivity contribution is 5.86. The van der Waals surface area contributed by atoms with Gasteiger partial charge in [0.25, 0.3) is 0 Å². The van der Waals surface area contributed by atoms with Gasteiger partial charge in [-0.05, 0) is 38.0 Å². The van der Waals surface area contributed by atoms with Crippen LogP contribution in [0.2, 0.25) is 0 Å². The van der Waals surface area contributed by atoms with Crippen LogP contribution >= 0.6 is 0 Å². The summed E-state index contributed by atoms with van der Waals surface area (Å²) in [6.07, 6.45) is 4.56. The van der Waals surface area contributed by atoms with E-state index in [1.165, 1.54) is 5.56 Å². The van der Waals surface area contributed by atoms with Gasteiger partial charge in [-0.25, -0.2) is 9.97 Å². The van der Waals surface area contributed by atoms with Crippen LogP contribution in [0.1, 0.15) is 36.5 Å². The minimum absolute atomic E-state index is 0.109. The van der Waals surface area contributed by atoms with Gasteiger partial charge in [-0.15, -0.1) is 0 Å². The van der Waals surface area contributed by atoms with Gasteiger partial charge in [0, 0.05) is 13.2 Å². The molecule has 1 atom stereocenters. The molecule has 0 bridgehead atoms. The third-order valence-corrected chi connectivity index (χ3v) is 3.72. The molecule has 0 amide bonds. The molecule has 3 aromatic heterocycles. The fourth-order valence-electron chi connectivity index (χ4n) is 2.54. The summed E-state index contributed by atoms with van der Waals surface area (Å²) in [5, 5.41) is 8.71. The highest BCUT2D eigenvalue weighted by atomic mass is 15.3. The molecule has 0 fully saturated rings. The Balaban J connectivity index is 2.00. The first-order chi connectivity index (χ1) is 10.6. The van der Waals surface area contributed by atoms with Gasteiger partial charge in [-0.1, -0.05) is 6.92 Å². The van der Waals surface area contributed by atoms with Crippen molar-refractivity contribution in [1.82, 2.24) is 24.7 Å². The van der Waals surface area contributed by atoms with Crippen molar-refractivity contribution in [2.75, 3.05) is 5.32 Å². The van der Waals surface area contributed by atoms with E-state index < -0.39 is 0 Å². The zero-order valence-electron chi connectivity index (χ0n) is 13.3. The lowest BCUT2D eigenvalue weighted by Crippen LogP contribution is -2.13. The number of pyridine rings is 1. The second-order valence-electron chi connectivity index (χ2n) is 5.49. The van der Waals surface area contributed by atoms with Gasteiger partial charge < -0.3 is 5.32 Å². The number of nitrogens with one attached hydrogen (secondary N) is 1. The van der Waals surface area contributed by atoms with E-state index in [4.69, 9.17) is 0 Å². The van der Waals surface area contributed by atoms with Crippen molar-refractivity contribution in [2.24, 2.45) is 7.05 Å². The third kappa shape index (κ3) is 2.64. The molecule has 6 heteroatoms. The van der Waals surface area contributed by atoms with Gasteiger partial charge in [0.05, 0.1) is 23.3 Å². The first-order valence-corrected chi connectivity index (χ1v) is 7.44. The third-order valence-electron chi connectivity index (χ3n) is 3.72. The van der Waals surface area contributed by atoms with Crippen molar-refractivity contribution in [3.63, 3.8) is 0 Å². The van der Waals surface area contributed by atoms with Gasteiger partial charge in [0.2, 0.25) is 0 Å². The minimum Gasteiger partial charge on any atom is -0.361 e. The lowest BCUT2D eigenvalue weighted by atomic mass is 10.1. The Bertz CT molecular complexity index is 808. The molecule has 0 aliphatic heterocycles. The average molecular weight is 296 g/mol. The van der Waals surface area contributed by atoms with Gasteiger partial charge in [0.1, 0.15) is 11.6 Å². The summed E-state index contributed by atoms with van der Waals surface area (Å²) in [6, 6.07) is 4.22. The number of aryl methyl sites for hydroxylation is 3. The Morgan fingerprint density at radius 3 is 2.82 bits per heavy atom. The van der Waals surface area contributed by atoms with Crippen LogP contribution in [-0.4, -0.2) is 24.7 Å². The molecule has 0 aliphatic carbocycles. The Morgan fingerprint density at radius 1 is 1.27 bits per heavy atom. The van der Waals surface area contributed by atoms with Gasteiger partial charge in [-0.3, -0.25) is 9.67 Å². The Kier molecular flexibility index (Phi) is 3.75. The van der Waals surface area contributed by atoms with Crippen LogP contribution in [0, 0.1) is 13.8 Å². The molecule has 3 rings (SSSR count). The maximum absolute atomic E-state index is 4.55.